The topological polar surface area (TPSA) is 95.6 Å². The highest BCUT2D eigenvalue weighted by Crippen LogP contribution is 2.28. The van der Waals surface area contributed by atoms with Gasteiger partial charge in [0.05, 0.1) is 5.56 Å². The predicted molar refractivity (Wildman–Crippen MR) is 80.4 cm³/mol. The Labute approximate surface area is 125 Å². The molecule has 21 heavy (non-hydrogen) atoms. The molecule has 5 nitrogen and oxygen atoms in total. The van der Waals surface area contributed by atoms with Crippen LogP contribution in [0.15, 0.2) is 39.1 Å². The number of halogens is 1. The normalized spacial score (nSPS) is 10.6. The number of aromatic amines is 1. The Morgan fingerprint density at radius 1 is 1.52 bits per heavy atom. The minimum Gasteiger partial charge on any atom is -0.384 e. The van der Waals surface area contributed by atoms with Crippen LogP contribution in [0.3, 0.4) is 0 Å². The first-order valence-corrected chi connectivity index (χ1v) is 7.24. The molecule has 0 aliphatic carbocycles. The van der Waals surface area contributed by atoms with E-state index in [9.17, 15) is 9.18 Å². The summed E-state index contributed by atoms with van der Waals surface area (Å²) in [5, 5.41) is 7.83. The van der Waals surface area contributed by atoms with E-state index in [-0.39, 0.29) is 17.0 Å². The highest BCUT2D eigenvalue weighted by atomic mass is 32.2. The Hall–Kier alpha value is -2.15. The highest BCUT2D eigenvalue weighted by Gasteiger charge is 2.13. The second-order valence-electron chi connectivity index (χ2n) is 4.42. The number of hydrogen-bond donors (Lipinski definition) is 3. The molecule has 0 fully saturated rings. The SMILES string of the molecule is CCCc1cc(=O)[nH]c(Sc2cccc(F)c2C(=N)N)n1. The van der Waals surface area contributed by atoms with E-state index in [1.54, 1.807) is 6.07 Å². The van der Waals surface area contributed by atoms with Crippen molar-refractivity contribution in [1.82, 2.24) is 9.97 Å². The first kappa shape index (κ1) is 15.2. The summed E-state index contributed by atoms with van der Waals surface area (Å²) in [5.74, 6) is -0.929. The van der Waals surface area contributed by atoms with Gasteiger partial charge in [-0.1, -0.05) is 31.2 Å². The van der Waals surface area contributed by atoms with Crippen LogP contribution in [-0.2, 0) is 6.42 Å². The van der Waals surface area contributed by atoms with Crippen LogP contribution in [-0.4, -0.2) is 15.8 Å². The summed E-state index contributed by atoms with van der Waals surface area (Å²) in [6.45, 7) is 2.00. The molecule has 1 aromatic heterocycles. The average molecular weight is 306 g/mol. The van der Waals surface area contributed by atoms with E-state index in [0.29, 0.717) is 22.2 Å². The molecule has 0 aliphatic rings. The Kier molecular flexibility index (Phi) is 4.74. The van der Waals surface area contributed by atoms with Gasteiger partial charge in [-0.2, -0.15) is 0 Å². The van der Waals surface area contributed by atoms with Gasteiger partial charge in [0.2, 0.25) is 0 Å². The fourth-order valence-electron chi connectivity index (χ4n) is 1.87. The molecule has 1 heterocycles. The lowest BCUT2D eigenvalue weighted by Gasteiger charge is -2.08. The van der Waals surface area contributed by atoms with Crippen LogP contribution in [0.2, 0.25) is 0 Å². The van der Waals surface area contributed by atoms with E-state index in [2.05, 4.69) is 9.97 Å². The van der Waals surface area contributed by atoms with Gasteiger partial charge >= 0.3 is 0 Å². The molecule has 0 amide bonds. The van der Waals surface area contributed by atoms with Gasteiger partial charge in [-0.15, -0.1) is 0 Å². The van der Waals surface area contributed by atoms with Crippen LogP contribution in [0.5, 0.6) is 0 Å². The van der Waals surface area contributed by atoms with Crippen LogP contribution >= 0.6 is 11.8 Å². The maximum Gasteiger partial charge on any atom is 0.251 e. The van der Waals surface area contributed by atoms with Crippen LogP contribution in [0.25, 0.3) is 0 Å². The molecule has 0 atom stereocenters. The lowest BCUT2D eigenvalue weighted by Crippen LogP contribution is -2.15. The highest BCUT2D eigenvalue weighted by molar-refractivity contribution is 7.99. The predicted octanol–water partition coefficient (Wildman–Crippen LogP) is 2.30. The number of hydrogen-bond acceptors (Lipinski definition) is 4. The fourth-order valence-corrected chi connectivity index (χ4v) is 2.85. The fraction of sp³-hybridized carbons (Fsp3) is 0.214. The number of amidine groups is 1. The standard InChI is InChI=1S/C14H15FN4OS/c1-2-4-8-7-11(20)19-14(18-8)21-10-6-3-5-9(15)12(10)13(16)17/h3,5-7H,2,4H2,1H3,(H3,16,17)(H,18,19,20). The quantitative estimate of drug-likeness (QED) is 0.448. The lowest BCUT2D eigenvalue weighted by molar-refractivity contribution is 0.621. The zero-order valence-electron chi connectivity index (χ0n) is 11.4. The average Bonchev–Trinajstić information content (AvgIpc) is 2.37. The summed E-state index contributed by atoms with van der Waals surface area (Å²) >= 11 is 1.08. The number of benzene rings is 1. The lowest BCUT2D eigenvalue weighted by atomic mass is 10.2. The molecule has 2 rings (SSSR count). The molecule has 4 N–H and O–H groups in total. The first-order chi connectivity index (χ1) is 10.0. The van der Waals surface area contributed by atoms with Crippen molar-refractivity contribution in [3.8, 4) is 0 Å². The third-order valence-electron chi connectivity index (χ3n) is 2.73. The molecule has 0 aliphatic heterocycles. The molecular weight excluding hydrogens is 291 g/mol. The van der Waals surface area contributed by atoms with Crippen LogP contribution in [0.4, 0.5) is 4.39 Å². The Balaban J connectivity index is 2.41. The number of nitrogen functional groups attached to an aromatic ring is 1. The third-order valence-corrected chi connectivity index (χ3v) is 3.68. The number of aryl methyl sites for hydroxylation is 1. The molecule has 1 aromatic carbocycles. The van der Waals surface area contributed by atoms with Crippen LogP contribution in [0, 0.1) is 11.2 Å². The molecular formula is C14H15FN4OS. The zero-order valence-corrected chi connectivity index (χ0v) is 12.3. The van der Waals surface area contributed by atoms with E-state index in [1.807, 2.05) is 6.92 Å². The number of H-pyrrole nitrogens is 1. The smallest absolute Gasteiger partial charge is 0.251 e. The summed E-state index contributed by atoms with van der Waals surface area (Å²) in [6.07, 6.45) is 1.57. The third kappa shape index (κ3) is 3.69. The van der Waals surface area contributed by atoms with Gasteiger partial charge < -0.3 is 10.7 Å². The van der Waals surface area contributed by atoms with Gasteiger partial charge in [0.1, 0.15) is 11.7 Å². The molecule has 0 radical (unpaired) electrons. The molecule has 0 saturated heterocycles. The number of rotatable bonds is 5. The van der Waals surface area contributed by atoms with Crippen molar-refractivity contribution in [3.05, 3.63) is 51.7 Å². The van der Waals surface area contributed by atoms with Crippen molar-refractivity contribution in [1.29, 1.82) is 5.41 Å². The van der Waals surface area contributed by atoms with Crippen molar-refractivity contribution in [2.75, 3.05) is 0 Å². The van der Waals surface area contributed by atoms with Crippen molar-refractivity contribution in [3.63, 3.8) is 0 Å². The summed E-state index contributed by atoms with van der Waals surface area (Å²) in [4.78, 5) is 19.0. The van der Waals surface area contributed by atoms with Gasteiger partial charge in [0.25, 0.3) is 5.56 Å². The minimum atomic E-state index is -0.570. The van der Waals surface area contributed by atoms with Crippen LogP contribution < -0.4 is 11.3 Å². The summed E-state index contributed by atoms with van der Waals surface area (Å²) in [6, 6.07) is 5.85. The van der Waals surface area contributed by atoms with E-state index in [1.165, 1.54) is 18.2 Å². The summed E-state index contributed by atoms with van der Waals surface area (Å²) in [7, 11) is 0. The zero-order chi connectivity index (χ0) is 15.4. The van der Waals surface area contributed by atoms with E-state index < -0.39 is 5.82 Å². The van der Waals surface area contributed by atoms with Gasteiger partial charge in [0, 0.05) is 16.7 Å². The molecule has 2 aromatic rings. The number of nitrogens with one attached hydrogen (secondary N) is 2. The van der Waals surface area contributed by atoms with E-state index >= 15 is 0 Å². The van der Waals surface area contributed by atoms with Gasteiger partial charge in [-0.25, -0.2) is 9.37 Å². The largest absolute Gasteiger partial charge is 0.384 e. The monoisotopic (exact) mass is 306 g/mol. The number of aromatic nitrogens is 2. The molecule has 0 unspecified atom stereocenters. The molecule has 7 heteroatoms. The van der Waals surface area contributed by atoms with E-state index in [0.717, 1.165) is 18.2 Å². The maximum atomic E-state index is 13.8. The minimum absolute atomic E-state index is 0.0195. The van der Waals surface area contributed by atoms with Crippen molar-refractivity contribution in [2.24, 2.45) is 5.73 Å². The summed E-state index contributed by atoms with van der Waals surface area (Å²) in [5.41, 5.74) is 5.87. The molecule has 0 spiro atoms. The molecule has 0 bridgehead atoms. The second-order valence-corrected chi connectivity index (χ2v) is 5.45. The Bertz CT molecular complexity index is 729. The molecule has 0 saturated carbocycles. The van der Waals surface area contributed by atoms with Gasteiger partial charge in [-0.05, 0) is 18.6 Å². The number of nitrogens with two attached hydrogens (primary N) is 1. The van der Waals surface area contributed by atoms with Crippen molar-refractivity contribution in [2.45, 2.75) is 29.8 Å². The maximum absolute atomic E-state index is 13.8. The van der Waals surface area contributed by atoms with Crippen molar-refractivity contribution < 1.29 is 4.39 Å². The Morgan fingerprint density at radius 3 is 2.95 bits per heavy atom. The Morgan fingerprint density at radius 2 is 2.29 bits per heavy atom. The molecule has 110 valence electrons. The van der Waals surface area contributed by atoms with Crippen molar-refractivity contribution >= 4 is 17.6 Å². The van der Waals surface area contributed by atoms with Gasteiger partial charge in [0.15, 0.2) is 5.16 Å². The summed E-state index contributed by atoms with van der Waals surface area (Å²) < 4.78 is 13.8. The number of nitrogens with zero attached hydrogens (tertiary/aromatic N) is 1. The van der Waals surface area contributed by atoms with Crippen LogP contribution in [0.1, 0.15) is 24.6 Å². The second kappa shape index (κ2) is 6.53. The van der Waals surface area contributed by atoms with Gasteiger partial charge in [-0.3, -0.25) is 10.2 Å². The first-order valence-electron chi connectivity index (χ1n) is 6.42. The van der Waals surface area contributed by atoms with E-state index in [4.69, 9.17) is 11.1 Å².